The summed E-state index contributed by atoms with van der Waals surface area (Å²) in [6, 6.07) is 17.2. The van der Waals surface area contributed by atoms with E-state index < -0.39 is 11.8 Å². The largest absolute Gasteiger partial charge is 0.475 e. The molecule has 0 amide bonds. The molecule has 5 aromatic rings. The Balaban J connectivity index is 2.10. The summed E-state index contributed by atoms with van der Waals surface area (Å²) in [5.41, 5.74) is 3.25. The summed E-state index contributed by atoms with van der Waals surface area (Å²) in [6.07, 6.45) is 0. The number of aliphatic carboxylic acids is 1. The summed E-state index contributed by atoms with van der Waals surface area (Å²) in [4.78, 5) is 30.6. The zero-order valence-electron chi connectivity index (χ0n) is 13.0. The fraction of sp³-hybridized carbons (Fsp3) is 0. The summed E-state index contributed by atoms with van der Waals surface area (Å²) in [5, 5.41) is 12.6. The van der Waals surface area contributed by atoms with Crippen molar-refractivity contribution < 1.29 is 14.7 Å². The first-order chi connectivity index (χ1) is 12.1. The lowest BCUT2D eigenvalue weighted by Crippen LogP contribution is -2.13. The average Bonchev–Trinajstić information content (AvgIpc) is 3.17. The van der Waals surface area contributed by atoms with Crippen molar-refractivity contribution in [1.82, 2.24) is 9.97 Å². The van der Waals surface area contributed by atoms with Gasteiger partial charge in [0, 0.05) is 38.1 Å². The molecular formula is C20H12N2O3. The number of aromatic amines is 2. The van der Waals surface area contributed by atoms with Crippen molar-refractivity contribution >= 4 is 55.4 Å². The van der Waals surface area contributed by atoms with Crippen LogP contribution in [0, 0.1) is 0 Å². The van der Waals surface area contributed by atoms with Crippen molar-refractivity contribution in [1.29, 1.82) is 0 Å². The van der Waals surface area contributed by atoms with E-state index in [1.54, 1.807) is 0 Å². The number of carboxylic acid groups (broad SMARTS) is 1. The molecular weight excluding hydrogens is 316 g/mol. The molecule has 120 valence electrons. The minimum absolute atomic E-state index is 0.202. The second kappa shape index (κ2) is 4.70. The normalized spacial score (nSPS) is 11.7. The number of fused-ring (bicyclic) bond motifs is 6. The standard InChI is InChI=1S/C20H12N2O3/c23-19(20(24)25)17-16-11-6-2-4-8-14(11)21-15(16)9-12-10-5-1-3-7-13(10)22-18(12)17/h1-9,21-22H,(H,24,25). The fourth-order valence-corrected chi connectivity index (χ4v) is 3.65. The van der Waals surface area contributed by atoms with Crippen LogP contribution in [-0.4, -0.2) is 26.8 Å². The van der Waals surface area contributed by atoms with Crippen LogP contribution >= 0.6 is 0 Å². The Morgan fingerprint density at radius 3 is 2.12 bits per heavy atom. The Morgan fingerprint density at radius 2 is 1.40 bits per heavy atom. The highest BCUT2D eigenvalue weighted by Gasteiger charge is 2.25. The number of carbonyl (C=O) groups is 2. The number of carboxylic acids is 1. The second-order valence-electron chi connectivity index (χ2n) is 6.07. The lowest BCUT2D eigenvalue weighted by Gasteiger charge is -2.03. The van der Waals surface area contributed by atoms with E-state index in [1.165, 1.54) is 0 Å². The first-order valence-electron chi connectivity index (χ1n) is 7.86. The Labute approximate surface area is 140 Å². The number of hydrogen-bond acceptors (Lipinski definition) is 2. The highest BCUT2D eigenvalue weighted by molar-refractivity contribution is 6.46. The van der Waals surface area contributed by atoms with Gasteiger partial charge in [0.15, 0.2) is 0 Å². The molecule has 3 aromatic carbocycles. The molecule has 0 aliphatic heterocycles. The van der Waals surface area contributed by atoms with E-state index in [1.807, 2.05) is 54.6 Å². The molecule has 0 spiro atoms. The monoisotopic (exact) mass is 328 g/mol. The van der Waals surface area contributed by atoms with Crippen molar-refractivity contribution in [3.63, 3.8) is 0 Å². The number of rotatable bonds is 2. The van der Waals surface area contributed by atoms with Crippen molar-refractivity contribution in [3.8, 4) is 0 Å². The van der Waals surface area contributed by atoms with Crippen LogP contribution < -0.4 is 0 Å². The first-order valence-corrected chi connectivity index (χ1v) is 7.86. The van der Waals surface area contributed by atoms with Gasteiger partial charge in [0.1, 0.15) is 0 Å². The third-order valence-electron chi connectivity index (χ3n) is 4.69. The van der Waals surface area contributed by atoms with Crippen molar-refractivity contribution in [2.75, 3.05) is 0 Å². The minimum Gasteiger partial charge on any atom is -0.475 e. The lowest BCUT2D eigenvalue weighted by molar-refractivity contribution is -0.131. The number of benzene rings is 3. The second-order valence-corrected chi connectivity index (χ2v) is 6.07. The van der Waals surface area contributed by atoms with E-state index in [0.29, 0.717) is 10.9 Å². The molecule has 0 fully saturated rings. The van der Waals surface area contributed by atoms with Crippen LogP contribution in [0.3, 0.4) is 0 Å². The Kier molecular flexibility index (Phi) is 2.60. The molecule has 5 rings (SSSR count). The minimum atomic E-state index is -1.46. The maximum Gasteiger partial charge on any atom is 0.377 e. The zero-order chi connectivity index (χ0) is 17.1. The molecule has 0 bridgehead atoms. The van der Waals surface area contributed by atoms with E-state index in [-0.39, 0.29) is 5.56 Å². The number of H-pyrrole nitrogens is 2. The maximum atomic E-state index is 12.6. The van der Waals surface area contributed by atoms with E-state index >= 15 is 0 Å². The van der Waals surface area contributed by atoms with E-state index in [2.05, 4.69) is 9.97 Å². The van der Waals surface area contributed by atoms with Gasteiger partial charge in [-0.15, -0.1) is 0 Å². The van der Waals surface area contributed by atoms with Gasteiger partial charge < -0.3 is 15.1 Å². The van der Waals surface area contributed by atoms with Gasteiger partial charge in [0.05, 0.1) is 11.1 Å². The molecule has 0 saturated heterocycles. The SMILES string of the molecule is O=C(O)C(=O)c1c2[nH]c3ccccc3c2cc2[nH]c3ccccc3c12. The Bertz CT molecular complexity index is 1340. The smallest absolute Gasteiger partial charge is 0.377 e. The molecule has 0 unspecified atom stereocenters. The molecule has 5 nitrogen and oxygen atoms in total. The number of carbonyl (C=O) groups excluding carboxylic acids is 1. The first kappa shape index (κ1) is 13.8. The molecule has 3 N–H and O–H groups in total. The Morgan fingerprint density at radius 1 is 0.760 bits per heavy atom. The highest BCUT2D eigenvalue weighted by atomic mass is 16.4. The van der Waals surface area contributed by atoms with Crippen molar-refractivity contribution in [2.45, 2.75) is 0 Å². The van der Waals surface area contributed by atoms with Crippen LogP contribution in [0.25, 0.3) is 43.6 Å². The molecule has 0 aliphatic rings. The van der Waals surface area contributed by atoms with Crippen molar-refractivity contribution in [2.24, 2.45) is 0 Å². The molecule has 25 heavy (non-hydrogen) atoms. The van der Waals surface area contributed by atoms with Crippen LogP contribution in [-0.2, 0) is 4.79 Å². The lowest BCUT2D eigenvalue weighted by atomic mass is 9.99. The van der Waals surface area contributed by atoms with Gasteiger partial charge in [-0.1, -0.05) is 36.4 Å². The molecule has 5 heteroatoms. The zero-order valence-corrected chi connectivity index (χ0v) is 13.0. The van der Waals surface area contributed by atoms with Crippen LogP contribution in [0.15, 0.2) is 54.6 Å². The summed E-state index contributed by atoms with van der Waals surface area (Å²) in [6.45, 7) is 0. The van der Waals surface area contributed by atoms with Crippen LogP contribution in [0.4, 0.5) is 0 Å². The average molecular weight is 328 g/mol. The number of nitrogens with one attached hydrogen (secondary N) is 2. The van der Waals surface area contributed by atoms with Gasteiger partial charge in [0.2, 0.25) is 0 Å². The third kappa shape index (κ3) is 1.77. The number of para-hydroxylation sites is 2. The topological polar surface area (TPSA) is 85.9 Å². The fourth-order valence-electron chi connectivity index (χ4n) is 3.65. The highest BCUT2D eigenvalue weighted by Crippen LogP contribution is 2.37. The molecule has 2 aromatic heterocycles. The van der Waals surface area contributed by atoms with E-state index in [0.717, 1.165) is 32.7 Å². The van der Waals surface area contributed by atoms with E-state index in [4.69, 9.17) is 0 Å². The van der Waals surface area contributed by atoms with Gasteiger partial charge in [0.25, 0.3) is 5.78 Å². The van der Waals surface area contributed by atoms with Gasteiger partial charge in [-0.05, 0) is 18.2 Å². The Hall–Kier alpha value is -3.60. The quantitative estimate of drug-likeness (QED) is 0.335. The van der Waals surface area contributed by atoms with Gasteiger partial charge in [-0.2, -0.15) is 0 Å². The predicted octanol–water partition coefficient (Wildman–Crippen LogP) is 4.22. The predicted molar refractivity (Wildman–Crippen MR) is 97.1 cm³/mol. The van der Waals surface area contributed by atoms with Gasteiger partial charge >= 0.3 is 5.97 Å². The summed E-state index contributed by atoms with van der Waals surface area (Å²) in [7, 11) is 0. The molecule has 2 heterocycles. The van der Waals surface area contributed by atoms with Crippen molar-refractivity contribution in [3.05, 3.63) is 60.2 Å². The molecule has 0 aliphatic carbocycles. The third-order valence-corrected chi connectivity index (χ3v) is 4.69. The number of aromatic nitrogens is 2. The number of Topliss-reactive ketones (excluding diaryl/α,β-unsaturated/α-hetero) is 1. The van der Waals surface area contributed by atoms with E-state index in [9.17, 15) is 14.7 Å². The molecule has 0 atom stereocenters. The summed E-state index contributed by atoms with van der Waals surface area (Å²) in [5.74, 6) is -2.37. The van der Waals surface area contributed by atoms with Gasteiger partial charge in [-0.3, -0.25) is 4.79 Å². The van der Waals surface area contributed by atoms with Crippen LogP contribution in [0.5, 0.6) is 0 Å². The number of hydrogen-bond donors (Lipinski definition) is 3. The molecule has 0 saturated carbocycles. The maximum absolute atomic E-state index is 12.6. The summed E-state index contributed by atoms with van der Waals surface area (Å²) < 4.78 is 0. The van der Waals surface area contributed by atoms with Crippen LogP contribution in [0.2, 0.25) is 0 Å². The van der Waals surface area contributed by atoms with Crippen LogP contribution in [0.1, 0.15) is 10.4 Å². The van der Waals surface area contributed by atoms with Gasteiger partial charge in [-0.25, -0.2) is 4.79 Å². The summed E-state index contributed by atoms with van der Waals surface area (Å²) >= 11 is 0. The molecule has 0 radical (unpaired) electrons. The number of ketones is 1.